The quantitative estimate of drug-likeness (QED) is 0.677. The maximum atomic E-state index is 12.3. The smallest absolute Gasteiger partial charge is 0.307 e. The average Bonchev–Trinajstić information content (AvgIpc) is 3.26. The van der Waals surface area contributed by atoms with Gasteiger partial charge in [0, 0.05) is 18.0 Å². The Hall–Kier alpha value is -2.89. The summed E-state index contributed by atoms with van der Waals surface area (Å²) in [5, 5.41) is 7.16. The Morgan fingerprint density at radius 3 is 2.41 bits per heavy atom. The average molecular weight is 391 g/mol. The van der Waals surface area contributed by atoms with Gasteiger partial charge in [-0.3, -0.25) is 14.4 Å². The summed E-state index contributed by atoms with van der Waals surface area (Å²) in [5.74, 6) is 0.104. The van der Waals surface area contributed by atoms with Crippen molar-refractivity contribution in [2.24, 2.45) is 0 Å². The summed E-state index contributed by atoms with van der Waals surface area (Å²) in [5.41, 5.74) is 1.61. The summed E-state index contributed by atoms with van der Waals surface area (Å²) >= 11 is 0. The highest BCUT2D eigenvalue weighted by molar-refractivity contribution is 6.00. The standard InChI is InChI=1S/C23H23N2O4/c1-2-29-22(27)11-12-24-21(26)15-25-23(28)20-10-9-18-13-17(7-8-19(18)14-20)16-5-3-4-6-16/h3-10,13-14H,2,11-12,15H2,1H3,(H,24,26)(H,25,28). The lowest BCUT2D eigenvalue weighted by Crippen LogP contribution is -2.37. The number of amides is 2. The van der Waals surface area contributed by atoms with Crippen LogP contribution < -0.4 is 10.6 Å². The molecule has 2 amide bonds. The van der Waals surface area contributed by atoms with Crippen LogP contribution in [0.4, 0.5) is 0 Å². The molecule has 1 fully saturated rings. The van der Waals surface area contributed by atoms with Crippen molar-refractivity contribution in [3.05, 3.63) is 79.1 Å². The van der Waals surface area contributed by atoms with Crippen LogP contribution >= 0.6 is 0 Å². The van der Waals surface area contributed by atoms with Crippen LogP contribution in [0.1, 0.15) is 29.3 Å². The molecule has 149 valence electrons. The number of hydrogen-bond donors (Lipinski definition) is 2. The second-order valence-electron chi connectivity index (χ2n) is 6.54. The molecule has 5 radical (unpaired) electrons. The van der Waals surface area contributed by atoms with Gasteiger partial charge in [0.05, 0.1) is 19.6 Å². The van der Waals surface area contributed by atoms with E-state index in [1.807, 2.05) is 31.0 Å². The van der Waals surface area contributed by atoms with E-state index < -0.39 is 0 Å². The predicted octanol–water partition coefficient (Wildman–Crippen LogP) is 2.39. The zero-order valence-corrected chi connectivity index (χ0v) is 16.2. The van der Waals surface area contributed by atoms with Crippen LogP contribution in [0.3, 0.4) is 0 Å². The van der Waals surface area contributed by atoms with Gasteiger partial charge in [-0.1, -0.05) is 24.3 Å². The molecule has 3 rings (SSSR count). The first-order valence-corrected chi connectivity index (χ1v) is 9.53. The first-order valence-electron chi connectivity index (χ1n) is 9.53. The molecule has 2 aromatic rings. The van der Waals surface area contributed by atoms with E-state index in [0.717, 1.165) is 22.3 Å². The Morgan fingerprint density at radius 1 is 0.931 bits per heavy atom. The van der Waals surface area contributed by atoms with Crippen LogP contribution in [-0.2, 0) is 14.3 Å². The van der Waals surface area contributed by atoms with Gasteiger partial charge in [0.15, 0.2) is 0 Å². The Bertz CT molecular complexity index is 888. The highest BCUT2D eigenvalue weighted by Gasteiger charge is 2.19. The molecule has 1 aliphatic rings. The summed E-state index contributed by atoms with van der Waals surface area (Å²) < 4.78 is 4.78. The van der Waals surface area contributed by atoms with E-state index in [1.54, 1.807) is 19.1 Å². The van der Waals surface area contributed by atoms with Gasteiger partial charge < -0.3 is 15.4 Å². The molecule has 0 unspecified atom stereocenters. The lowest BCUT2D eigenvalue weighted by molar-refractivity contribution is -0.143. The molecule has 2 aromatic carbocycles. The van der Waals surface area contributed by atoms with Gasteiger partial charge in [0.1, 0.15) is 0 Å². The normalized spacial score (nSPS) is 14.0. The van der Waals surface area contributed by atoms with Gasteiger partial charge in [-0.15, -0.1) is 0 Å². The molecule has 6 nitrogen and oxygen atoms in total. The van der Waals surface area contributed by atoms with Crippen molar-refractivity contribution < 1.29 is 19.1 Å². The highest BCUT2D eigenvalue weighted by Crippen LogP contribution is 2.31. The van der Waals surface area contributed by atoms with Gasteiger partial charge in [0.25, 0.3) is 5.91 Å². The number of carbonyl (C=O) groups excluding carboxylic acids is 3. The topological polar surface area (TPSA) is 84.5 Å². The molecule has 29 heavy (non-hydrogen) atoms. The molecule has 0 saturated heterocycles. The molecule has 0 atom stereocenters. The van der Waals surface area contributed by atoms with Gasteiger partial charge in [-0.2, -0.15) is 0 Å². The lowest BCUT2D eigenvalue weighted by Gasteiger charge is -2.11. The number of ether oxygens (including phenoxy) is 1. The first kappa shape index (κ1) is 20.8. The fourth-order valence-corrected chi connectivity index (χ4v) is 3.00. The lowest BCUT2D eigenvalue weighted by atomic mass is 9.94. The fourth-order valence-electron chi connectivity index (χ4n) is 3.00. The largest absolute Gasteiger partial charge is 0.466 e. The van der Waals surface area contributed by atoms with E-state index >= 15 is 0 Å². The van der Waals surface area contributed by atoms with Gasteiger partial charge in [0.2, 0.25) is 5.91 Å². The van der Waals surface area contributed by atoms with Crippen LogP contribution in [-0.4, -0.2) is 37.5 Å². The third-order valence-electron chi connectivity index (χ3n) is 4.46. The summed E-state index contributed by atoms with van der Waals surface area (Å²) in [6, 6.07) is 11.5. The first-order chi connectivity index (χ1) is 14.1. The van der Waals surface area contributed by atoms with Crippen molar-refractivity contribution in [2.75, 3.05) is 19.7 Å². The summed E-state index contributed by atoms with van der Waals surface area (Å²) in [4.78, 5) is 35.4. The number of benzene rings is 2. The molecule has 1 saturated carbocycles. The minimum atomic E-state index is -0.366. The number of rotatable bonds is 8. The van der Waals surface area contributed by atoms with Crippen LogP contribution in [0.2, 0.25) is 0 Å². The van der Waals surface area contributed by atoms with Crippen molar-refractivity contribution in [3.8, 4) is 0 Å². The van der Waals surface area contributed by atoms with Crippen LogP contribution in [0.5, 0.6) is 0 Å². The van der Waals surface area contributed by atoms with Gasteiger partial charge in [-0.05, 0) is 61.1 Å². The molecule has 1 aliphatic carbocycles. The monoisotopic (exact) mass is 391 g/mol. The summed E-state index contributed by atoms with van der Waals surface area (Å²) in [6.07, 6.45) is 8.21. The number of carbonyl (C=O) groups is 3. The van der Waals surface area contributed by atoms with Crippen molar-refractivity contribution in [2.45, 2.75) is 13.3 Å². The van der Waals surface area contributed by atoms with E-state index in [0.29, 0.717) is 12.2 Å². The summed E-state index contributed by atoms with van der Waals surface area (Å²) in [7, 11) is 0. The Labute approximate surface area is 171 Å². The Balaban J connectivity index is 1.51. The van der Waals surface area contributed by atoms with Crippen molar-refractivity contribution >= 4 is 28.6 Å². The zero-order valence-electron chi connectivity index (χ0n) is 16.2. The predicted molar refractivity (Wildman–Crippen MR) is 110 cm³/mol. The molecule has 0 aromatic heterocycles. The minimum Gasteiger partial charge on any atom is -0.466 e. The third kappa shape index (κ3) is 5.79. The van der Waals surface area contributed by atoms with E-state index in [2.05, 4.69) is 29.5 Å². The van der Waals surface area contributed by atoms with Crippen LogP contribution in [0.25, 0.3) is 10.8 Å². The number of esters is 1. The molecular weight excluding hydrogens is 368 g/mol. The number of fused-ring (bicyclic) bond motifs is 1. The van der Waals surface area contributed by atoms with Crippen molar-refractivity contribution in [3.63, 3.8) is 0 Å². The Kier molecular flexibility index (Phi) is 7.22. The molecule has 0 aliphatic heterocycles. The number of hydrogen-bond acceptors (Lipinski definition) is 4. The maximum absolute atomic E-state index is 12.3. The van der Waals surface area contributed by atoms with Crippen molar-refractivity contribution in [1.29, 1.82) is 0 Å². The van der Waals surface area contributed by atoms with Gasteiger partial charge in [-0.25, -0.2) is 0 Å². The molecule has 0 heterocycles. The van der Waals surface area contributed by atoms with Gasteiger partial charge >= 0.3 is 5.97 Å². The molecule has 6 heteroatoms. The maximum Gasteiger partial charge on any atom is 0.307 e. The van der Waals surface area contributed by atoms with E-state index in [1.165, 1.54) is 0 Å². The fraction of sp³-hybridized carbons (Fsp3) is 0.217. The minimum absolute atomic E-state index is 0.102. The second kappa shape index (κ2) is 10.0. The zero-order chi connectivity index (χ0) is 20.6. The highest BCUT2D eigenvalue weighted by atomic mass is 16.5. The molecule has 0 bridgehead atoms. The van der Waals surface area contributed by atoms with Crippen LogP contribution in [0, 0.1) is 31.6 Å². The third-order valence-corrected chi connectivity index (χ3v) is 4.46. The molecule has 0 spiro atoms. The second-order valence-corrected chi connectivity index (χ2v) is 6.54. The molecule has 2 N–H and O–H groups in total. The van der Waals surface area contributed by atoms with E-state index in [9.17, 15) is 14.4 Å². The molecular formula is C23H23N2O4. The summed E-state index contributed by atoms with van der Waals surface area (Å²) in [6.45, 7) is 2.05. The van der Waals surface area contributed by atoms with Crippen LogP contribution in [0.15, 0.2) is 36.4 Å². The SMILES string of the molecule is CCOC(=O)CCNC(=O)CNC(=O)c1ccc2cc([C]3[CH][CH][CH][CH]3)ccc2c1. The van der Waals surface area contributed by atoms with E-state index in [-0.39, 0.29) is 37.3 Å². The van der Waals surface area contributed by atoms with E-state index in [4.69, 9.17) is 4.74 Å². The number of nitrogens with one attached hydrogen (secondary N) is 2. The Morgan fingerprint density at radius 2 is 1.66 bits per heavy atom. The van der Waals surface area contributed by atoms with Crippen molar-refractivity contribution in [1.82, 2.24) is 10.6 Å².